The molecule has 6 rings (SSSR count). The van der Waals surface area contributed by atoms with Crippen LogP contribution in [0.2, 0.25) is 0 Å². The molecule has 9 atom stereocenters. The van der Waals surface area contributed by atoms with E-state index in [9.17, 15) is 9.90 Å². The minimum absolute atomic E-state index is 0.226. The van der Waals surface area contributed by atoms with E-state index in [2.05, 4.69) is 6.92 Å². The van der Waals surface area contributed by atoms with Gasteiger partial charge in [0.05, 0.1) is 10.5 Å². The van der Waals surface area contributed by atoms with E-state index in [0.717, 1.165) is 53.7 Å². The van der Waals surface area contributed by atoms with E-state index < -0.39 is 0 Å². The van der Waals surface area contributed by atoms with E-state index in [1.807, 2.05) is 17.5 Å². The first-order valence-electron chi connectivity index (χ1n) is 11.3. The van der Waals surface area contributed by atoms with Crippen molar-refractivity contribution in [3.05, 3.63) is 22.4 Å². The summed E-state index contributed by atoms with van der Waals surface area (Å²) in [6, 6.07) is 4.05. The number of hydrogen-bond donors (Lipinski definition) is 1. The predicted octanol–water partition coefficient (Wildman–Crippen LogP) is 5.56. The lowest BCUT2D eigenvalue weighted by Gasteiger charge is -2.55. The van der Waals surface area contributed by atoms with Crippen LogP contribution in [-0.2, 0) is 0 Å². The summed E-state index contributed by atoms with van der Waals surface area (Å²) in [7, 11) is 0. The molecule has 0 aromatic carbocycles. The average Bonchev–Trinajstić information content (AvgIpc) is 3.01. The van der Waals surface area contributed by atoms with E-state index in [1.54, 1.807) is 11.3 Å². The highest BCUT2D eigenvalue weighted by Crippen LogP contribution is 2.68. The maximum atomic E-state index is 13.2. The van der Waals surface area contributed by atoms with Crippen LogP contribution in [0.25, 0.3) is 0 Å². The number of rotatable bonds is 2. The smallest absolute Gasteiger partial charge is 0.176 e. The van der Waals surface area contributed by atoms with Crippen molar-refractivity contribution in [2.45, 2.75) is 70.3 Å². The lowest BCUT2D eigenvalue weighted by atomic mass is 9.49. The highest BCUT2D eigenvalue weighted by molar-refractivity contribution is 7.12. The summed E-state index contributed by atoms with van der Waals surface area (Å²) in [5.41, 5.74) is -0.0349. The maximum absolute atomic E-state index is 13.2. The molecule has 5 fully saturated rings. The zero-order valence-corrected chi connectivity index (χ0v) is 17.2. The fourth-order valence-corrected chi connectivity index (χ4v) is 9.42. The van der Waals surface area contributed by atoms with E-state index in [0.29, 0.717) is 11.7 Å². The van der Waals surface area contributed by atoms with Crippen molar-refractivity contribution < 1.29 is 9.90 Å². The molecule has 5 aliphatic rings. The fraction of sp³-hybridized carbons (Fsp3) is 0.792. The van der Waals surface area contributed by atoms with E-state index in [-0.39, 0.29) is 16.9 Å². The van der Waals surface area contributed by atoms with Gasteiger partial charge in [0, 0.05) is 5.92 Å². The second-order valence-electron chi connectivity index (χ2n) is 10.8. The molecule has 1 heterocycles. The molecule has 1 aromatic rings. The number of hydrogen-bond acceptors (Lipinski definition) is 3. The number of carbonyl (C=O) groups excluding carboxylic acids is 1. The van der Waals surface area contributed by atoms with E-state index in [1.165, 1.54) is 38.5 Å². The Balaban J connectivity index is 1.25. The monoisotopic (exact) mass is 384 g/mol. The van der Waals surface area contributed by atoms with Crippen molar-refractivity contribution in [3.63, 3.8) is 0 Å². The molecule has 0 saturated heterocycles. The van der Waals surface area contributed by atoms with Gasteiger partial charge in [-0.15, -0.1) is 11.3 Å². The topological polar surface area (TPSA) is 37.3 Å². The lowest BCUT2D eigenvalue weighted by Crippen LogP contribution is -2.50. The van der Waals surface area contributed by atoms with Crippen LogP contribution in [0.1, 0.15) is 74.4 Å². The Labute approximate surface area is 166 Å². The number of carbonyl (C=O) groups is 1. The molecule has 1 N–H and O–H groups in total. The molecule has 5 saturated carbocycles. The summed E-state index contributed by atoms with van der Waals surface area (Å²) in [5.74, 6) is 5.46. The molecule has 1 aromatic heterocycles. The third kappa shape index (κ3) is 2.31. The summed E-state index contributed by atoms with van der Waals surface area (Å²) in [4.78, 5) is 14.2. The Morgan fingerprint density at radius 2 is 1.74 bits per heavy atom. The van der Waals surface area contributed by atoms with E-state index >= 15 is 0 Å². The Bertz CT molecular complexity index is 756. The van der Waals surface area contributed by atoms with Crippen molar-refractivity contribution in [2.75, 3.05) is 0 Å². The predicted molar refractivity (Wildman–Crippen MR) is 108 cm³/mol. The largest absolute Gasteiger partial charge is 0.390 e. The molecule has 27 heavy (non-hydrogen) atoms. The van der Waals surface area contributed by atoms with Crippen molar-refractivity contribution >= 4 is 17.1 Å². The lowest BCUT2D eigenvalue weighted by molar-refractivity contribution is -0.0764. The van der Waals surface area contributed by atoms with Crippen LogP contribution in [0, 0.1) is 46.8 Å². The first kappa shape index (κ1) is 17.2. The molecule has 0 spiro atoms. The number of Topliss-reactive ketones (excluding diaryl/α,β-unsaturated/α-hetero) is 1. The molecule has 0 radical (unpaired) electrons. The van der Waals surface area contributed by atoms with Crippen molar-refractivity contribution in [2.24, 2.45) is 46.8 Å². The molecule has 1 unspecified atom stereocenters. The summed E-state index contributed by atoms with van der Waals surface area (Å²) < 4.78 is 0. The molecule has 5 aliphatic carbocycles. The Kier molecular flexibility index (Phi) is 3.63. The maximum Gasteiger partial charge on any atom is 0.176 e. The minimum Gasteiger partial charge on any atom is -0.390 e. The molecule has 0 bridgehead atoms. The number of fused-ring (bicyclic) bond motifs is 7. The van der Waals surface area contributed by atoms with E-state index in [4.69, 9.17) is 0 Å². The van der Waals surface area contributed by atoms with Crippen LogP contribution in [-0.4, -0.2) is 16.5 Å². The Morgan fingerprint density at radius 1 is 1.00 bits per heavy atom. The number of thiophene rings is 1. The zero-order valence-electron chi connectivity index (χ0n) is 16.4. The van der Waals surface area contributed by atoms with Gasteiger partial charge in [-0.05, 0) is 110 Å². The zero-order chi connectivity index (χ0) is 18.4. The van der Waals surface area contributed by atoms with Crippen LogP contribution in [0.5, 0.6) is 0 Å². The fourth-order valence-electron chi connectivity index (χ4n) is 8.70. The van der Waals surface area contributed by atoms with Crippen LogP contribution in [0.3, 0.4) is 0 Å². The molecule has 146 valence electrons. The van der Waals surface area contributed by atoms with Crippen LogP contribution in [0.15, 0.2) is 17.5 Å². The highest BCUT2D eigenvalue weighted by atomic mass is 32.1. The van der Waals surface area contributed by atoms with Gasteiger partial charge in [-0.25, -0.2) is 0 Å². The molecule has 0 aliphatic heterocycles. The second kappa shape index (κ2) is 5.69. The van der Waals surface area contributed by atoms with Gasteiger partial charge >= 0.3 is 0 Å². The van der Waals surface area contributed by atoms with Crippen LogP contribution >= 0.6 is 11.3 Å². The van der Waals surface area contributed by atoms with Gasteiger partial charge in [-0.2, -0.15) is 0 Å². The van der Waals surface area contributed by atoms with Gasteiger partial charge in [-0.3, -0.25) is 4.79 Å². The average molecular weight is 385 g/mol. The minimum atomic E-state index is -0.261. The SMILES string of the molecule is C[C@]12CC[C@@H]3[C@H]4CC[C@]5(O)CC5[C@H]4CC[C@H]3[C@@H]1CC[C@@H]2C(=O)c1cccs1. The third-order valence-electron chi connectivity index (χ3n) is 10.0. The van der Waals surface area contributed by atoms with Gasteiger partial charge in [0.25, 0.3) is 0 Å². The van der Waals surface area contributed by atoms with Gasteiger partial charge in [0.1, 0.15) is 0 Å². The molecule has 3 heteroatoms. The summed E-state index contributed by atoms with van der Waals surface area (Å²) in [6.45, 7) is 2.46. The van der Waals surface area contributed by atoms with Gasteiger partial charge in [-0.1, -0.05) is 13.0 Å². The van der Waals surface area contributed by atoms with Crippen LogP contribution < -0.4 is 0 Å². The number of aliphatic hydroxyl groups is 1. The first-order valence-corrected chi connectivity index (χ1v) is 12.2. The number of ketones is 1. The Morgan fingerprint density at radius 3 is 2.48 bits per heavy atom. The highest BCUT2D eigenvalue weighted by Gasteiger charge is 2.65. The third-order valence-corrected chi connectivity index (χ3v) is 10.9. The van der Waals surface area contributed by atoms with Crippen molar-refractivity contribution in [1.82, 2.24) is 0 Å². The van der Waals surface area contributed by atoms with Gasteiger partial charge in [0.15, 0.2) is 5.78 Å². The Hall–Kier alpha value is -0.670. The summed E-state index contributed by atoms with van der Waals surface area (Å²) in [6.07, 6.45) is 11.1. The van der Waals surface area contributed by atoms with Crippen molar-refractivity contribution in [3.8, 4) is 0 Å². The van der Waals surface area contributed by atoms with Gasteiger partial charge < -0.3 is 5.11 Å². The second-order valence-corrected chi connectivity index (χ2v) is 11.8. The normalized spacial score (nSPS) is 53.0. The summed E-state index contributed by atoms with van der Waals surface area (Å²) in [5, 5.41) is 12.7. The molecular weight excluding hydrogens is 352 g/mol. The standard InChI is InChI=1S/C24H32O2S/c1-23-10-8-14-15-9-11-24(26)13-20(24)17(15)5-4-16(14)18(23)6-7-19(23)22(25)21-3-2-12-27-21/h2-3,12,14-20,26H,4-11,13H2,1H3/t14-,15-,16-,17+,18+,19-,20?,23+,24+/m1/s1. The first-order chi connectivity index (χ1) is 13.0. The van der Waals surface area contributed by atoms with Crippen LogP contribution in [0.4, 0.5) is 0 Å². The van der Waals surface area contributed by atoms with Crippen molar-refractivity contribution in [1.29, 1.82) is 0 Å². The quantitative estimate of drug-likeness (QED) is 0.678. The molecular formula is C24H32O2S. The molecule has 0 amide bonds. The van der Waals surface area contributed by atoms with Gasteiger partial charge in [0.2, 0.25) is 0 Å². The summed E-state index contributed by atoms with van der Waals surface area (Å²) >= 11 is 1.62. The molecule has 2 nitrogen and oxygen atoms in total.